The molecular weight excluding hydrogens is 298 g/mol. The number of pyridine rings is 1. The molecule has 1 spiro atoms. The van der Waals surface area contributed by atoms with Crippen LogP contribution in [0.1, 0.15) is 37.7 Å². The summed E-state index contributed by atoms with van der Waals surface area (Å²) in [4.78, 5) is 20.7. The van der Waals surface area contributed by atoms with Crippen molar-refractivity contribution in [2.45, 2.75) is 44.2 Å². The third-order valence-electron chi connectivity index (χ3n) is 5.96. The van der Waals surface area contributed by atoms with Gasteiger partial charge in [0, 0.05) is 42.8 Å². The minimum Gasteiger partial charge on any atom is -0.322 e. The zero-order valence-corrected chi connectivity index (χ0v) is 14.6. The SMILES string of the molecule is CN1CCN(Cc2cc3ccccc3[nH]c2=O)C2(CCCCC2)C1. The fourth-order valence-electron chi connectivity index (χ4n) is 4.66. The Morgan fingerprint density at radius 2 is 1.92 bits per heavy atom. The van der Waals surface area contributed by atoms with Crippen molar-refractivity contribution in [2.24, 2.45) is 0 Å². The Bertz CT molecular complexity index is 776. The van der Waals surface area contributed by atoms with E-state index in [4.69, 9.17) is 0 Å². The number of H-pyrrole nitrogens is 1. The number of likely N-dealkylation sites (N-methyl/N-ethyl adjacent to an activating group) is 1. The fourth-order valence-corrected chi connectivity index (χ4v) is 4.66. The van der Waals surface area contributed by atoms with Crippen molar-refractivity contribution >= 4 is 10.9 Å². The maximum Gasteiger partial charge on any atom is 0.252 e. The Labute approximate surface area is 143 Å². The Balaban J connectivity index is 1.65. The van der Waals surface area contributed by atoms with E-state index in [9.17, 15) is 4.79 Å². The molecule has 4 heteroatoms. The van der Waals surface area contributed by atoms with E-state index in [-0.39, 0.29) is 11.1 Å². The molecule has 1 aromatic heterocycles. The number of nitrogens with zero attached hydrogens (tertiary/aromatic N) is 2. The summed E-state index contributed by atoms with van der Waals surface area (Å²) in [7, 11) is 2.23. The smallest absolute Gasteiger partial charge is 0.252 e. The van der Waals surface area contributed by atoms with Gasteiger partial charge in [0.2, 0.25) is 0 Å². The average molecular weight is 325 g/mol. The lowest BCUT2D eigenvalue weighted by Crippen LogP contribution is -2.61. The lowest BCUT2D eigenvalue weighted by molar-refractivity contribution is -0.0240. The summed E-state index contributed by atoms with van der Waals surface area (Å²) in [6.07, 6.45) is 6.53. The molecule has 2 aliphatic rings. The van der Waals surface area contributed by atoms with Crippen LogP contribution >= 0.6 is 0 Å². The summed E-state index contributed by atoms with van der Waals surface area (Å²) in [5, 5.41) is 1.12. The maximum absolute atomic E-state index is 12.5. The Morgan fingerprint density at radius 1 is 1.12 bits per heavy atom. The zero-order chi connectivity index (χ0) is 16.6. The predicted molar refractivity (Wildman–Crippen MR) is 98.3 cm³/mol. The number of hydrogen-bond donors (Lipinski definition) is 1. The normalized spacial score (nSPS) is 22.2. The molecule has 4 nitrogen and oxygen atoms in total. The summed E-state index contributed by atoms with van der Waals surface area (Å²) in [5.41, 5.74) is 2.17. The molecule has 1 saturated heterocycles. The van der Waals surface area contributed by atoms with Gasteiger partial charge < -0.3 is 9.88 Å². The number of rotatable bonds is 2. The first kappa shape index (κ1) is 15.9. The highest BCUT2D eigenvalue weighted by atomic mass is 16.1. The molecule has 1 aliphatic heterocycles. The van der Waals surface area contributed by atoms with E-state index in [2.05, 4.69) is 34.0 Å². The van der Waals surface area contributed by atoms with E-state index in [1.807, 2.05) is 18.2 Å². The minimum absolute atomic E-state index is 0.0681. The summed E-state index contributed by atoms with van der Waals surface area (Å²) in [5.74, 6) is 0. The standard InChI is InChI=1S/C20H27N3O/c1-22-11-12-23(20(15-22)9-5-2-6-10-20)14-17-13-16-7-3-4-8-18(16)21-19(17)24/h3-4,7-8,13H,2,5-6,9-12,14-15H2,1H3,(H,21,24). The van der Waals surface area contributed by atoms with Crippen LogP contribution in [0.3, 0.4) is 0 Å². The number of fused-ring (bicyclic) bond motifs is 1. The topological polar surface area (TPSA) is 39.3 Å². The molecule has 2 aromatic rings. The number of benzene rings is 1. The number of aromatic amines is 1. The highest BCUT2D eigenvalue weighted by molar-refractivity contribution is 5.78. The molecule has 0 radical (unpaired) electrons. The van der Waals surface area contributed by atoms with Crippen molar-refractivity contribution in [2.75, 3.05) is 26.7 Å². The van der Waals surface area contributed by atoms with E-state index in [0.717, 1.165) is 42.6 Å². The molecule has 4 rings (SSSR count). The lowest BCUT2D eigenvalue weighted by Gasteiger charge is -2.52. The highest BCUT2D eigenvalue weighted by Gasteiger charge is 2.41. The second kappa shape index (κ2) is 6.34. The van der Waals surface area contributed by atoms with Crippen LogP contribution in [-0.4, -0.2) is 47.0 Å². The van der Waals surface area contributed by atoms with Crippen molar-refractivity contribution in [3.05, 3.63) is 46.2 Å². The molecule has 1 aliphatic carbocycles. The van der Waals surface area contributed by atoms with Crippen molar-refractivity contribution < 1.29 is 0 Å². The molecule has 1 saturated carbocycles. The number of aromatic nitrogens is 1. The van der Waals surface area contributed by atoms with E-state index in [1.165, 1.54) is 32.1 Å². The minimum atomic E-state index is 0.0681. The second-order valence-electron chi connectivity index (χ2n) is 7.66. The van der Waals surface area contributed by atoms with Gasteiger partial charge in [-0.1, -0.05) is 37.5 Å². The van der Waals surface area contributed by atoms with Gasteiger partial charge >= 0.3 is 0 Å². The molecule has 0 amide bonds. The van der Waals surface area contributed by atoms with Gasteiger partial charge in [-0.25, -0.2) is 0 Å². The molecule has 0 bridgehead atoms. The van der Waals surface area contributed by atoms with E-state index in [1.54, 1.807) is 0 Å². The van der Waals surface area contributed by atoms with Crippen LogP contribution in [0.15, 0.2) is 35.1 Å². The summed E-state index contributed by atoms with van der Waals surface area (Å²) < 4.78 is 0. The molecule has 0 unspecified atom stereocenters. The molecule has 1 N–H and O–H groups in total. The molecule has 24 heavy (non-hydrogen) atoms. The lowest BCUT2D eigenvalue weighted by atomic mass is 9.78. The van der Waals surface area contributed by atoms with Gasteiger partial charge in [0.05, 0.1) is 0 Å². The third-order valence-corrected chi connectivity index (χ3v) is 5.96. The number of para-hydroxylation sites is 1. The van der Waals surface area contributed by atoms with Gasteiger partial charge in [0.1, 0.15) is 0 Å². The van der Waals surface area contributed by atoms with Gasteiger partial charge in [0.25, 0.3) is 5.56 Å². The highest BCUT2D eigenvalue weighted by Crippen LogP contribution is 2.37. The van der Waals surface area contributed by atoms with Gasteiger partial charge in [-0.05, 0) is 37.4 Å². The quantitative estimate of drug-likeness (QED) is 0.923. The molecule has 0 atom stereocenters. The van der Waals surface area contributed by atoms with E-state index in [0.29, 0.717) is 0 Å². The largest absolute Gasteiger partial charge is 0.322 e. The summed E-state index contributed by atoms with van der Waals surface area (Å²) in [6.45, 7) is 4.06. The van der Waals surface area contributed by atoms with Crippen LogP contribution in [0.4, 0.5) is 0 Å². The van der Waals surface area contributed by atoms with Crippen LogP contribution in [0.5, 0.6) is 0 Å². The van der Waals surface area contributed by atoms with Crippen molar-refractivity contribution in [1.29, 1.82) is 0 Å². The zero-order valence-electron chi connectivity index (χ0n) is 14.6. The predicted octanol–water partition coefficient (Wildman–Crippen LogP) is 2.98. The van der Waals surface area contributed by atoms with E-state index < -0.39 is 0 Å². The Kier molecular flexibility index (Phi) is 4.19. The van der Waals surface area contributed by atoms with Gasteiger partial charge in [-0.3, -0.25) is 9.69 Å². The Hall–Kier alpha value is -1.65. The molecule has 128 valence electrons. The van der Waals surface area contributed by atoms with Crippen molar-refractivity contribution in [3.8, 4) is 0 Å². The second-order valence-corrected chi connectivity index (χ2v) is 7.66. The number of hydrogen-bond acceptors (Lipinski definition) is 3. The first-order valence-electron chi connectivity index (χ1n) is 9.21. The third kappa shape index (κ3) is 2.89. The first-order chi connectivity index (χ1) is 11.7. The van der Waals surface area contributed by atoms with Crippen LogP contribution in [0.25, 0.3) is 10.9 Å². The fraction of sp³-hybridized carbons (Fsp3) is 0.550. The number of nitrogens with one attached hydrogen (secondary N) is 1. The van der Waals surface area contributed by atoms with Crippen molar-refractivity contribution in [1.82, 2.24) is 14.8 Å². The maximum atomic E-state index is 12.5. The van der Waals surface area contributed by atoms with Gasteiger partial charge in [-0.15, -0.1) is 0 Å². The van der Waals surface area contributed by atoms with Crippen molar-refractivity contribution in [3.63, 3.8) is 0 Å². The molecule has 2 fully saturated rings. The van der Waals surface area contributed by atoms with Gasteiger partial charge in [-0.2, -0.15) is 0 Å². The average Bonchev–Trinajstić information content (AvgIpc) is 2.59. The van der Waals surface area contributed by atoms with Crippen LogP contribution in [0.2, 0.25) is 0 Å². The molecular formula is C20H27N3O. The van der Waals surface area contributed by atoms with Crippen LogP contribution in [0, 0.1) is 0 Å². The van der Waals surface area contributed by atoms with Crippen LogP contribution in [-0.2, 0) is 6.54 Å². The first-order valence-corrected chi connectivity index (χ1v) is 9.21. The molecule has 2 heterocycles. The monoisotopic (exact) mass is 325 g/mol. The summed E-state index contributed by atoms with van der Waals surface area (Å²) in [6, 6.07) is 10.1. The van der Waals surface area contributed by atoms with Crippen LogP contribution < -0.4 is 5.56 Å². The molecule has 1 aromatic carbocycles. The summed E-state index contributed by atoms with van der Waals surface area (Å²) >= 11 is 0. The Morgan fingerprint density at radius 3 is 2.75 bits per heavy atom. The van der Waals surface area contributed by atoms with Gasteiger partial charge in [0.15, 0.2) is 0 Å². The number of piperazine rings is 1. The van der Waals surface area contributed by atoms with E-state index >= 15 is 0 Å².